The van der Waals surface area contributed by atoms with E-state index in [1.807, 2.05) is 12.3 Å². The minimum Gasteiger partial charge on any atom is -0.342 e. The summed E-state index contributed by atoms with van der Waals surface area (Å²) in [5, 5.41) is 8.43. The summed E-state index contributed by atoms with van der Waals surface area (Å²) in [6.45, 7) is 1.52. The summed E-state index contributed by atoms with van der Waals surface area (Å²) in [4.78, 5) is 24.9. The standard InChI is InChI=1S/C24H23Cl2N7O/c1-32-22(34)17-19(14-4-2-6-15(25)18(14)26)30-31-21(17)29-23(32)33-10-7-24(8-11-33)12-16-13(20(24)27)5-3-9-28-16/h2-6,9,20H,7-8,10-12,27H2,1H3,(H,30,31)/t20-/m1/s1. The number of fused-ring (bicyclic) bond motifs is 2. The molecule has 34 heavy (non-hydrogen) atoms. The molecule has 1 spiro atoms. The van der Waals surface area contributed by atoms with E-state index in [0.717, 1.165) is 43.6 Å². The highest BCUT2D eigenvalue weighted by Gasteiger charge is 2.46. The first-order valence-corrected chi connectivity index (χ1v) is 12.0. The second-order valence-corrected chi connectivity index (χ2v) is 10.0. The van der Waals surface area contributed by atoms with Gasteiger partial charge >= 0.3 is 0 Å². The van der Waals surface area contributed by atoms with Gasteiger partial charge in [-0.2, -0.15) is 10.1 Å². The number of aromatic amines is 1. The second-order valence-electron chi connectivity index (χ2n) is 9.22. The average Bonchev–Trinajstić information content (AvgIpc) is 3.38. The number of halogens is 2. The minimum atomic E-state index is -0.186. The lowest BCUT2D eigenvalue weighted by Gasteiger charge is -2.42. The number of nitrogens with zero attached hydrogens (tertiary/aromatic N) is 5. The van der Waals surface area contributed by atoms with E-state index in [2.05, 4.69) is 26.1 Å². The lowest BCUT2D eigenvalue weighted by Crippen LogP contribution is -2.46. The Hall–Kier alpha value is -2.94. The number of aromatic nitrogens is 5. The summed E-state index contributed by atoms with van der Waals surface area (Å²) in [5.41, 5.74) is 10.2. The monoisotopic (exact) mass is 495 g/mol. The molecule has 1 fully saturated rings. The number of rotatable bonds is 2. The number of piperidine rings is 1. The molecule has 0 saturated carbocycles. The molecule has 2 aliphatic rings. The Bertz CT molecular complexity index is 1490. The molecule has 0 bridgehead atoms. The molecule has 10 heteroatoms. The van der Waals surface area contributed by atoms with Crippen molar-refractivity contribution >= 4 is 40.2 Å². The third-order valence-electron chi connectivity index (χ3n) is 7.47. The summed E-state index contributed by atoms with van der Waals surface area (Å²) in [6, 6.07) is 9.30. The van der Waals surface area contributed by atoms with Gasteiger partial charge in [-0.1, -0.05) is 41.4 Å². The van der Waals surface area contributed by atoms with E-state index >= 15 is 0 Å². The number of anilines is 1. The van der Waals surface area contributed by atoms with Crippen LogP contribution in [0.3, 0.4) is 0 Å². The molecule has 4 heterocycles. The molecule has 1 aromatic carbocycles. The lowest BCUT2D eigenvalue weighted by atomic mass is 9.73. The van der Waals surface area contributed by atoms with E-state index in [1.54, 1.807) is 29.8 Å². The molecule has 3 N–H and O–H groups in total. The van der Waals surface area contributed by atoms with Gasteiger partial charge in [0.1, 0.15) is 11.1 Å². The Morgan fingerprint density at radius 2 is 1.97 bits per heavy atom. The smallest absolute Gasteiger partial charge is 0.266 e. The zero-order valence-electron chi connectivity index (χ0n) is 18.6. The summed E-state index contributed by atoms with van der Waals surface area (Å²) in [5.74, 6) is 0.613. The number of nitrogens with two attached hydrogens (primary N) is 1. The molecule has 6 rings (SSSR count). The molecule has 0 unspecified atom stereocenters. The fraction of sp³-hybridized carbons (Fsp3) is 0.333. The van der Waals surface area contributed by atoms with Crippen molar-refractivity contribution in [2.75, 3.05) is 18.0 Å². The summed E-state index contributed by atoms with van der Waals surface area (Å²) in [7, 11) is 1.74. The Labute approximate surface area is 205 Å². The van der Waals surface area contributed by atoms with Crippen molar-refractivity contribution in [1.82, 2.24) is 24.7 Å². The molecule has 1 aliphatic heterocycles. The van der Waals surface area contributed by atoms with Crippen LogP contribution >= 0.6 is 23.2 Å². The molecular weight excluding hydrogens is 473 g/mol. The van der Waals surface area contributed by atoms with Crippen LogP contribution in [0.15, 0.2) is 41.3 Å². The van der Waals surface area contributed by atoms with Crippen molar-refractivity contribution in [2.45, 2.75) is 25.3 Å². The molecular formula is C24H23Cl2N7O. The number of H-pyrrole nitrogens is 1. The number of benzene rings is 1. The highest BCUT2D eigenvalue weighted by Crippen LogP contribution is 2.50. The molecule has 3 aromatic heterocycles. The maximum absolute atomic E-state index is 13.4. The highest BCUT2D eigenvalue weighted by atomic mass is 35.5. The van der Waals surface area contributed by atoms with Gasteiger partial charge in [0.2, 0.25) is 5.95 Å². The fourth-order valence-corrected chi connectivity index (χ4v) is 5.90. The topological polar surface area (TPSA) is 106 Å². The third kappa shape index (κ3) is 3.09. The number of hydrogen-bond acceptors (Lipinski definition) is 6. The van der Waals surface area contributed by atoms with Crippen molar-refractivity contribution in [3.05, 3.63) is 68.2 Å². The fourth-order valence-electron chi connectivity index (χ4n) is 5.51. The Morgan fingerprint density at radius 3 is 2.74 bits per heavy atom. The van der Waals surface area contributed by atoms with E-state index in [-0.39, 0.29) is 17.0 Å². The van der Waals surface area contributed by atoms with Gasteiger partial charge in [0.05, 0.1) is 10.0 Å². The lowest BCUT2D eigenvalue weighted by molar-refractivity contribution is 0.186. The predicted octanol–water partition coefficient (Wildman–Crippen LogP) is 3.87. The maximum atomic E-state index is 13.4. The third-order valence-corrected chi connectivity index (χ3v) is 8.28. The van der Waals surface area contributed by atoms with Crippen LogP contribution in [0.5, 0.6) is 0 Å². The summed E-state index contributed by atoms with van der Waals surface area (Å²) in [6.07, 6.45) is 4.55. The van der Waals surface area contributed by atoms with E-state index < -0.39 is 0 Å². The molecule has 1 atom stereocenters. The quantitative estimate of drug-likeness (QED) is 0.437. The van der Waals surface area contributed by atoms with Gasteiger partial charge in [-0.3, -0.25) is 19.4 Å². The average molecular weight is 496 g/mol. The van der Waals surface area contributed by atoms with Crippen LogP contribution in [-0.2, 0) is 13.5 Å². The van der Waals surface area contributed by atoms with Crippen molar-refractivity contribution < 1.29 is 0 Å². The molecule has 174 valence electrons. The predicted molar refractivity (Wildman–Crippen MR) is 133 cm³/mol. The van der Waals surface area contributed by atoms with E-state index in [1.165, 1.54) is 0 Å². The van der Waals surface area contributed by atoms with Crippen LogP contribution in [0, 0.1) is 5.41 Å². The second kappa shape index (κ2) is 7.80. The SMILES string of the molecule is Cn1c(N2CCC3(CC2)Cc2ncccc2[C@H]3N)nc2[nH]nc(-c3cccc(Cl)c3Cl)c2c1=O. The molecule has 4 aromatic rings. The number of hydrogen-bond donors (Lipinski definition) is 2. The van der Waals surface area contributed by atoms with Crippen molar-refractivity contribution in [1.29, 1.82) is 0 Å². The summed E-state index contributed by atoms with van der Waals surface area (Å²) < 4.78 is 1.59. The Morgan fingerprint density at radius 1 is 1.18 bits per heavy atom. The minimum absolute atomic E-state index is 0.000633. The Balaban J connectivity index is 1.33. The molecule has 8 nitrogen and oxygen atoms in total. The van der Waals surface area contributed by atoms with Crippen LogP contribution in [-0.4, -0.2) is 37.8 Å². The van der Waals surface area contributed by atoms with Gasteiger partial charge in [0.15, 0.2) is 5.65 Å². The van der Waals surface area contributed by atoms with Crippen LogP contribution in [0.25, 0.3) is 22.3 Å². The van der Waals surface area contributed by atoms with Gasteiger partial charge < -0.3 is 10.6 Å². The largest absolute Gasteiger partial charge is 0.342 e. The first-order chi connectivity index (χ1) is 16.4. The van der Waals surface area contributed by atoms with Gasteiger partial charge in [-0.15, -0.1) is 0 Å². The molecule has 0 amide bonds. The van der Waals surface area contributed by atoms with Crippen LogP contribution in [0.1, 0.15) is 30.1 Å². The van der Waals surface area contributed by atoms with Gasteiger partial charge in [0.25, 0.3) is 5.56 Å². The Kier molecular flexibility index (Phi) is 4.95. The number of pyridine rings is 1. The van der Waals surface area contributed by atoms with Crippen LogP contribution in [0.4, 0.5) is 5.95 Å². The zero-order valence-corrected chi connectivity index (χ0v) is 20.1. The maximum Gasteiger partial charge on any atom is 0.266 e. The molecule has 1 aliphatic carbocycles. The normalized spacial score (nSPS) is 19.2. The van der Waals surface area contributed by atoms with Gasteiger partial charge in [-0.25, -0.2) is 0 Å². The van der Waals surface area contributed by atoms with Gasteiger partial charge in [0, 0.05) is 43.6 Å². The van der Waals surface area contributed by atoms with E-state index in [0.29, 0.717) is 38.3 Å². The molecule has 0 radical (unpaired) electrons. The van der Waals surface area contributed by atoms with E-state index in [9.17, 15) is 4.79 Å². The van der Waals surface area contributed by atoms with Crippen LogP contribution in [0.2, 0.25) is 10.0 Å². The van der Waals surface area contributed by atoms with Crippen LogP contribution < -0.4 is 16.2 Å². The van der Waals surface area contributed by atoms with Crippen molar-refractivity contribution in [3.8, 4) is 11.3 Å². The zero-order chi connectivity index (χ0) is 23.6. The summed E-state index contributed by atoms with van der Waals surface area (Å²) >= 11 is 12.6. The molecule has 1 saturated heterocycles. The highest BCUT2D eigenvalue weighted by molar-refractivity contribution is 6.43. The van der Waals surface area contributed by atoms with Crippen molar-refractivity contribution in [3.63, 3.8) is 0 Å². The number of nitrogens with one attached hydrogen (secondary N) is 1. The first-order valence-electron chi connectivity index (χ1n) is 11.2. The van der Waals surface area contributed by atoms with Gasteiger partial charge in [-0.05, 0) is 42.4 Å². The first kappa shape index (κ1) is 21.6. The van der Waals surface area contributed by atoms with Crippen molar-refractivity contribution in [2.24, 2.45) is 18.2 Å². The van der Waals surface area contributed by atoms with E-state index in [4.69, 9.17) is 33.9 Å².